The Bertz CT molecular complexity index is 464. The van der Waals surface area contributed by atoms with E-state index in [9.17, 15) is 13.2 Å². The molecule has 1 aromatic rings. The lowest BCUT2D eigenvalue weighted by molar-refractivity contribution is -0.182. The van der Waals surface area contributed by atoms with Gasteiger partial charge in [0.1, 0.15) is 11.6 Å². The molecule has 7 heteroatoms. The number of rotatable bonds is 3. The first-order valence-electron chi connectivity index (χ1n) is 6.68. The van der Waals surface area contributed by atoms with Crippen molar-refractivity contribution >= 4 is 0 Å². The molecule has 2 atom stereocenters. The third-order valence-corrected chi connectivity index (χ3v) is 4.13. The molecule has 2 N–H and O–H groups in total. The second-order valence-electron chi connectivity index (χ2n) is 5.63. The minimum absolute atomic E-state index is 0.000404. The van der Waals surface area contributed by atoms with Crippen LogP contribution in [0.3, 0.4) is 0 Å². The Morgan fingerprint density at radius 2 is 2.00 bits per heavy atom. The quantitative estimate of drug-likeness (QED) is 0.912. The summed E-state index contributed by atoms with van der Waals surface area (Å²) in [4.78, 5) is 0. The van der Waals surface area contributed by atoms with Crippen molar-refractivity contribution in [2.45, 2.75) is 50.9 Å². The molecule has 0 saturated heterocycles. The fraction of sp³-hybridized carbons (Fsp3) is 0.833. The van der Waals surface area contributed by atoms with Gasteiger partial charge in [0, 0.05) is 25.4 Å². The Morgan fingerprint density at radius 1 is 1.26 bits per heavy atom. The summed E-state index contributed by atoms with van der Waals surface area (Å²) in [5, 5.41) is 8.03. The summed E-state index contributed by atoms with van der Waals surface area (Å²) in [6.07, 6.45) is -0.924. The first kappa shape index (κ1) is 12.9. The number of hydrogen-bond acceptors (Lipinski definition) is 3. The zero-order valence-electron chi connectivity index (χ0n) is 10.5. The van der Waals surface area contributed by atoms with Crippen LogP contribution in [0.5, 0.6) is 0 Å². The molecule has 0 amide bonds. The van der Waals surface area contributed by atoms with Gasteiger partial charge in [0.2, 0.25) is 0 Å². The molecule has 106 valence electrons. The average Bonchev–Trinajstić information content (AvgIpc) is 3.12. The first-order valence-corrected chi connectivity index (χ1v) is 6.68. The SMILES string of the molecule is NC(Cc1nnc2n1CC(C(F)(F)F)CC2)C1CC1. The molecule has 2 unspecified atom stereocenters. The van der Waals surface area contributed by atoms with Crippen molar-refractivity contribution in [3.63, 3.8) is 0 Å². The molecule has 0 aromatic carbocycles. The number of nitrogens with two attached hydrogens (primary N) is 1. The van der Waals surface area contributed by atoms with E-state index in [1.165, 1.54) is 0 Å². The largest absolute Gasteiger partial charge is 0.393 e. The van der Waals surface area contributed by atoms with E-state index in [-0.39, 0.29) is 19.0 Å². The number of aryl methyl sites for hydroxylation is 1. The molecule has 2 heterocycles. The van der Waals surface area contributed by atoms with Gasteiger partial charge in [0.25, 0.3) is 0 Å². The monoisotopic (exact) mass is 274 g/mol. The van der Waals surface area contributed by atoms with Crippen LogP contribution in [0.1, 0.15) is 30.9 Å². The van der Waals surface area contributed by atoms with Crippen molar-refractivity contribution in [2.75, 3.05) is 0 Å². The zero-order chi connectivity index (χ0) is 13.6. The second kappa shape index (κ2) is 4.47. The number of nitrogens with zero attached hydrogens (tertiary/aromatic N) is 3. The van der Waals surface area contributed by atoms with E-state index in [1.54, 1.807) is 4.57 Å². The van der Waals surface area contributed by atoms with Crippen LogP contribution < -0.4 is 5.73 Å². The highest BCUT2D eigenvalue weighted by Gasteiger charge is 2.42. The summed E-state index contributed by atoms with van der Waals surface area (Å²) in [6.45, 7) is -0.0570. The molecule has 1 aliphatic heterocycles. The maximum absolute atomic E-state index is 12.8. The molecular weight excluding hydrogens is 257 g/mol. The van der Waals surface area contributed by atoms with Gasteiger partial charge in [0.15, 0.2) is 0 Å². The van der Waals surface area contributed by atoms with Crippen LogP contribution in [-0.2, 0) is 19.4 Å². The van der Waals surface area contributed by atoms with Crippen LogP contribution >= 0.6 is 0 Å². The number of hydrogen-bond donors (Lipinski definition) is 1. The topological polar surface area (TPSA) is 56.7 Å². The third kappa shape index (κ3) is 2.61. The molecule has 0 spiro atoms. The molecule has 0 bridgehead atoms. The summed E-state index contributed by atoms with van der Waals surface area (Å²) in [5.41, 5.74) is 6.02. The standard InChI is InChI=1S/C12H17F3N4/c13-12(14,15)8-3-4-10-17-18-11(19(10)6-8)5-9(16)7-1-2-7/h7-9H,1-6,16H2. The summed E-state index contributed by atoms with van der Waals surface area (Å²) in [7, 11) is 0. The van der Waals surface area contributed by atoms with Gasteiger partial charge in [-0.2, -0.15) is 13.2 Å². The van der Waals surface area contributed by atoms with Gasteiger partial charge >= 0.3 is 6.18 Å². The lowest BCUT2D eigenvalue weighted by Crippen LogP contribution is -2.34. The lowest BCUT2D eigenvalue weighted by atomic mass is 9.98. The van der Waals surface area contributed by atoms with E-state index in [0.29, 0.717) is 30.4 Å². The van der Waals surface area contributed by atoms with E-state index in [1.807, 2.05) is 0 Å². The summed E-state index contributed by atoms with van der Waals surface area (Å²) in [6, 6.07) is -0.000404. The van der Waals surface area contributed by atoms with Crippen LogP contribution in [0.2, 0.25) is 0 Å². The van der Waals surface area contributed by atoms with Crippen LogP contribution in [0.15, 0.2) is 0 Å². The van der Waals surface area contributed by atoms with Gasteiger partial charge in [-0.15, -0.1) is 10.2 Å². The van der Waals surface area contributed by atoms with Crippen LogP contribution in [-0.4, -0.2) is 27.0 Å². The summed E-state index contributed by atoms with van der Waals surface area (Å²) < 4.78 is 40.0. The Hall–Kier alpha value is -1.11. The van der Waals surface area contributed by atoms with Crippen LogP contribution in [0.4, 0.5) is 13.2 Å². The second-order valence-corrected chi connectivity index (χ2v) is 5.63. The normalized spacial score (nSPS) is 25.2. The van der Waals surface area contributed by atoms with Gasteiger partial charge in [-0.05, 0) is 25.2 Å². The highest BCUT2D eigenvalue weighted by molar-refractivity contribution is 5.04. The Labute approximate surface area is 109 Å². The van der Waals surface area contributed by atoms with Crippen molar-refractivity contribution in [3.05, 3.63) is 11.6 Å². The minimum Gasteiger partial charge on any atom is -0.327 e. The van der Waals surface area contributed by atoms with E-state index in [2.05, 4.69) is 10.2 Å². The summed E-state index contributed by atoms with van der Waals surface area (Å²) >= 11 is 0. The van der Waals surface area contributed by atoms with Crippen LogP contribution in [0.25, 0.3) is 0 Å². The molecule has 1 aromatic heterocycles. The molecule has 4 nitrogen and oxygen atoms in total. The number of alkyl halides is 3. The first-order chi connectivity index (χ1) is 8.95. The highest BCUT2D eigenvalue weighted by Crippen LogP contribution is 2.36. The highest BCUT2D eigenvalue weighted by atomic mass is 19.4. The number of fused-ring (bicyclic) bond motifs is 1. The van der Waals surface area contributed by atoms with E-state index in [4.69, 9.17) is 5.73 Å². The maximum Gasteiger partial charge on any atom is 0.393 e. The van der Waals surface area contributed by atoms with Gasteiger partial charge in [-0.3, -0.25) is 0 Å². The molecule has 19 heavy (non-hydrogen) atoms. The number of halogens is 3. The zero-order valence-corrected chi connectivity index (χ0v) is 10.5. The van der Waals surface area contributed by atoms with Gasteiger partial charge < -0.3 is 10.3 Å². The predicted molar refractivity (Wildman–Crippen MR) is 62.3 cm³/mol. The molecule has 0 radical (unpaired) electrons. The Morgan fingerprint density at radius 3 is 2.63 bits per heavy atom. The van der Waals surface area contributed by atoms with E-state index < -0.39 is 12.1 Å². The molecule has 3 rings (SSSR count). The van der Waals surface area contributed by atoms with Gasteiger partial charge in [0.05, 0.1) is 5.92 Å². The summed E-state index contributed by atoms with van der Waals surface area (Å²) in [5.74, 6) is 0.503. The Kier molecular flexibility index (Phi) is 3.03. The molecule has 1 aliphatic carbocycles. The van der Waals surface area contributed by atoms with Gasteiger partial charge in [-0.25, -0.2) is 0 Å². The lowest BCUT2D eigenvalue weighted by Gasteiger charge is -2.26. The smallest absolute Gasteiger partial charge is 0.327 e. The fourth-order valence-corrected chi connectivity index (χ4v) is 2.70. The van der Waals surface area contributed by atoms with Crippen molar-refractivity contribution in [3.8, 4) is 0 Å². The molecule has 2 aliphatic rings. The molecular formula is C12H17F3N4. The van der Waals surface area contributed by atoms with Crippen molar-refractivity contribution < 1.29 is 13.2 Å². The fourth-order valence-electron chi connectivity index (χ4n) is 2.70. The average molecular weight is 274 g/mol. The van der Waals surface area contributed by atoms with E-state index in [0.717, 1.165) is 12.8 Å². The van der Waals surface area contributed by atoms with Crippen molar-refractivity contribution in [1.82, 2.24) is 14.8 Å². The maximum atomic E-state index is 12.8. The number of aromatic nitrogens is 3. The van der Waals surface area contributed by atoms with Crippen molar-refractivity contribution in [2.24, 2.45) is 17.6 Å². The molecule has 1 fully saturated rings. The Balaban J connectivity index is 1.76. The van der Waals surface area contributed by atoms with E-state index >= 15 is 0 Å². The third-order valence-electron chi connectivity index (χ3n) is 4.13. The predicted octanol–water partition coefficient (Wildman–Crippen LogP) is 1.68. The molecule has 1 saturated carbocycles. The van der Waals surface area contributed by atoms with Gasteiger partial charge in [-0.1, -0.05) is 0 Å². The van der Waals surface area contributed by atoms with Crippen molar-refractivity contribution in [1.29, 1.82) is 0 Å². The minimum atomic E-state index is -4.14. The van der Waals surface area contributed by atoms with Crippen LogP contribution in [0, 0.1) is 11.8 Å².